The summed E-state index contributed by atoms with van der Waals surface area (Å²) in [6, 6.07) is 7.73. The quantitative estimate of drug-likeness (QED) is 0.858. The number of benzene rings is 1. The van der Waals surface area contributed by atoms with Gasteiger partial charge in [-0.1, -0.05) is 24.2 Å². The van der Waals surface area contributed by atoms with Crippen molar-refractivity contribution < 1.29 is 9.32 Å². The first-order valence-corrected chi connectivity index (χ1v) is 6.96. The van der Waals surface area contributed by atoms with Crippen LogP contribution in [-0.2, 0) is 13.0 Å². The Balaban J connectivity index is 1.89. The van der Waals surface area contributed by atoms with Crippen LogP contribution in [0.4, 0.5) is 5.69 Å². The summed E-state index contributed by atoms with van der Waals surface area (Å²) in [5.41, 5.74) is 1.76. The van der Waals surface area contributed by atoms with Crippen LogP contribution in [-0.4, -0.2) is 22.5 Å². The third kappa shape index (κ3) is 2.43. The lowest BCUT2D eigenvalue weighted by Crippen LogP contribution is -2.23. The summed E-state index contributed by atoms with van der Waals surface area (Å²) in [7, 11) is 0. The molecule has 104 valence electrons. The Labute approximate surface area is 117 Å². The van der Waals surface area contributed by atoms with Crippen LogP contribution in [0.2, 0.25) is 0 Å². The van der Waals surface area contributed by atoms with Crippen molar-refractivity contribution >= 4 is 11.5 Å². The first-order chi connectivity index (χ1) is 9.78. The minimum absolute atomic E-state index is 0.211. The standard InChI is InChI=1S/C15H17N3O2/c1-2-14-16-15(20-17-14)10-18-9-5-8-13(19)11-6-3-4-7-12(11)18/h3-4,6-7H,2,5,8-10H2,1H3. The van der Waals surface area contributed by atoms with Gasteiger partial charge < -0.3 is 9.42 Å². The van der Waals surface area contributed by atoms with E-state index in [9.17, 15) is 4.79 Å². The van der Waals surface area contributed by atoms with Crippen molar-refractivity contribution in [2.24, 2.45) is 0 Å². The predicted molar refractivity (Wildman–Crippen MR) is 74.7 cm³/mol. The predicted octanol–water partition coefficient (Wildman–Crippen LogP) is 2.62. The second-order valence-electron chi connectivity index (χ2n) is 4.92. The van der Waals surface area contributed by atoms with E-state index in [1.165, 1.54) is 0 Å². The molecule has 0 amide bonds. The number of nitrogens with zero attached hydrogens (tertiary/aromatic N) is 3. The number of fused-ring (bicyclic) bond motifs is 1. The summed E-state index contributed by atoms with van der Waals surface area (Å²) in [5.74, 6) is 1.54. The van der Waals surface area contributed by atoms with Crippen LogP contribution in [0.1, 0.15) is 41.8 Å². The molecule has 2 aromatic rings. The molecule has 5 heteroatoms. The summed E-state index contributed by atoms with van der Waals surface area (Å²) in [6.45, 7) is 3.37. The highest BCUT2D eigenvalue weighted by molar-refractivity contribution is 6.01. The molecular weight excluding hydrogens is 254 g/mol. The van der Waals surface area contributed by atoms with E-state index >= 15 is 0 Å². The van der Waals surface area contributed by atoms with E-state index in [0.717, 1.165) is 36.5 Å². The zero-order valence-corrected chi connectivity index (χ0v) is 11.5. The van der Waals surface area contributed by atoms with E-state index in [2.05, 4.69) is 15.0 Å². The first kappa shape index (κ1) is 12.8. The van der Waals surface area contributed by atoms with Gasteiger partial charge in [0.15, 0.2) is 11.6 Å². The number of aryl methyl sites for hydroxylation is 1. The van der Waals surface area contributed by atoms with Gasteiger partial charge in [0.25, 0.3) is 0 Å². The molecule has 0 unspecified atom stereocenters. The van der Waals surface area contributed by atoms with E-state index in [-0.39, 0.29) is 5.78 Å². The Hall–Kier alpha value is -2.17. The van der Waals surface area contributed by atoms with Gasteiger partial charge in [-0.2, -0.15) is 4.98 Å². The van der Waals surface area contributed by atoms with E-state index in [1.54, 1.807) is 0 Å². The fourth-order valence-corrected chi connectivity index (χ4v) is 2.50. The molecule has 0 saturated heterocycles. The van der Waals surface area contributed by atoms with Gasteiger partial charge in [-0.25, -0.2) is 0 Å². The molecule has 0 fully saturated rings. The Kier molecular flexibility index (Phi) is 3.50. The van der Waals surface area contributed by atoms with Crippen LogP contribution < -0.4 is 4.90 Å². The molecule has 1 aromatic heterocycles. The number of hydrogen-bond acceptors (Lipinski definition) is 5. The van der Waals surface area contributed by atoms with Crippen molar-refractivity contribution in [2.75, 3.05) is 11.4 Å². The third-order valence-corrected chi connectivity index (χ3v) is 3.53. The molecule has 1 aromatic carbocycles. The van der Waals surface area contributed by atoms with Crippen LogP contribution in [0.5, 0.6) is 0 Å². The summed E-state index contributed by atoms with van der Waals surface area (Å²) in [4.78, 5) is 18.6. The highest BCUT2D eigenvalue weighted by Crippen LogP contribution is 2.27. The summed E-state index contributed by atoms with van der Waals surface area (Å²) in [6.07, 6.45) is 2.21. The number of ketones is 1. The third-order valence-electron chi connectivity index (χ3n) is 3.53. The normalized spacial score (nSPS) is 15.1. The van der Waals surface area contributed by atoms with Crippen molar-refractivity contribution in [3.8, 4) is 0 Å². The number of anilines is 1. The van der Waals surface area contributed by atoms with E-state index in [4.69, 9.17) is 4.52 Å². The molecule has 1 aliphatic heterocycles. The second kappa shape index (κ2) is 5.45. The number of Topliss-reactive ketones (excluding diaryl/α,β-unsaturated/α-hetero) is 1. The van der Waals surface area contributed by atoms with Crippen LogP contribution in [0, 0.1) is 0 Å². The minimum atomic E-state index is 0.211. The van der Waals surface area contributed by atoms with Gasteiger partial charge in [-0.3, -0.25) is 4.79 Å². The van der Waals surface area contributed by atoms with Crippen molar-refractivity contribution in [1.29, 1.82) is 0 Å². The molecule has 0 radical (unpaired) electrons. The zero-order chi connectivity index (χ0) is 13.9. The summed E-state index contributed by atoms with van der Waals surface area (Å²) in [5, 5.41) is 3.91. The number of carbonyl (C=O) groups is 1. The van der Waals surface area contributed by atoms with Crippen LogP contribution in [0.3, 0.4) is 0 Å². The number of rotatable bonds is 3. The lowest BCUT2D eigenvalue weighted by atomic mass is 10.1. The maximum absolute atomic E-state index is 12.1. The van der Waals surface area contributed by atoms with Gasteiger partial charge >= 0.3 is 0 Å². The van der Waals surface area contributed by atoms with Crippen LogP contribution in [0.15, 0.2) is 28.8 Å². The molecule has 0 atom stereocenters. The lowest BCUT2D eigenvalue weighted by molar-refractivity contribution is 0.0984. The summed E-state index contributed by atoms with van der Waals surface area (Å²) >= 11 is 0. The fraction of sp³-hybridized carbons (Fsp3) is 0.400. The number of hydrogen-bond donors (Lipinski definition) is 0. The summed E-state index contributed by atoms with van der Waals surface area (Å²) < 4.78 is 5.25. The molecule has 3 rings (SSSR count). The van der Waals surface area contributed by atoms with Crippen molar-refractivity contribution in [2.45, 2.75) is 32.7 Å². The lowest BCUT2D eigenvalue weighted by Gasteiger charge is -2.22. The monoisotopic (exact) mass is 271 g/mol. The van der Waals surface area contributed by atoms with Crippen molar-refractivity contribution in [1.82, 2.24) is 10.1 Å². The Bertz CT molecular complexity index is 621. The molecule has 2 heterocycles. The number of para-hydroxylation sites is 1. The minimum Gasteiger partial charge on any atom is -0.362 e. The van der Waals surface area contributed by atoms with E-state index in [1.807, 2.05) is 31.2 Å². The Morgan fingerprint density at radius 3 is 3.00 bits per heavy atom. The molecule has 5 nitrogen and oxygen atoms in total. The van der Waals surface area contributed by atoms with Gasteiger partial charge in [-0.15, -0.1) is 0 Å². The van der Waals surface area contributed by atoms with Gasteiger partial charge in [0.2, 0.25) is 5.89 Å². The topological polar surface area (TPSA) is 59.2 Å². The Morgan fingerprint density at radius 1 is 1.35 bits per heavy atom. The molecule has 1 aliphatic rings. The second-order valence-corrected chi connectivity index (χ2v) is 4.92. The van der Waals surface area contributed by atoms with Gasteiger partial charge in [0.05, 0.1) is 6.54 Å². The maximum atomic E-state index is 12.1. The number of aromatic nitrogens is 2. The molecular formula is C15H17N3O2. The van der Waals surface area contributed by atoms with Gasteiger partial charge in [0, 0.05) is 30.6 Å². The molecule has 0 aliphatic carbocycles. The van der Waals surface area contributed by atoms with Crippen LogP contribution in [0.25, 0.3) is 0 Å². The Morgan fingerprint density at radius 2 is 2.20 bits per heavy atom. The van der Waals surface area contributed by atoms with Gasteiger partial charge in [-0.05, 0) is 18.6 Å². The average Bonchev–Trinajstić information content (AvgIpc) is 2.87. The molecule has 0 bridgehead atoms. The van der Waals surface area contributed by atoms with Crippen LogP contribution >= 0.6 is 0 Å². The highest BCUT2D eigenvalue weighted by atomic mass is 16.5. The largest absolute Gasteiger partial charge is 0.362 e. The fourth-order valence-electron chi connectivity index (χ4n) is 2.50. The average molecular weight is 271 g/mol. The first-order valence-electron chi connectivity index (χ1n) is 6.96. The van der Waals surface area contributed by atoms with E-state index in [0.29, 0.717) is 18.9 Å². The van der Waals surface area contributed by atoms with Crippen molar-refractivity contribution in [3.63, 3.8) is 0 Å². The highest BCUT2D eigenvalue weighted by Gasteiger charge is 2.21. The van der Waals surface area contributed by atoms with Gasteiger partial charge in [0.1, 0.15) is 0 Å². The molecule has 0 N–H and O–H groups in total. The molecule has 0 saturated carbocycles. The smallest absolute Gasteiger partial charge is 0.246 e. The number of carbonyl (C=O) groups excluding carboxylic acids is 1. The maximum Gasteiger partial charge on any atom is 0.246 e. The molecule has 0 spiro atoms. The zero-order valence-electron chi connectivity index (χ0n) is 11.5. The molecule has 20 heavy (non-hydrogen) atoms. The SMILES string of the molecule is CCc1noc(CN2CCCC(=O)c3ccccc32)n1. The van der Waals surface area contributed by atoms with E-state index < -0.39 is 0 Å². The van der Waals surface area contributed by atoms with Crippen molar-refractivity contribution in [3.05, 3.63) is 41.5 Å².